The van der Waals surface area contributed by atoms with E-state index in [1.807, 2.05) is 0 Å². The molecular formula is C36H34F6O8. The average Bonchev–Trinajstić information content (AvgIpc) is 3.10. The van der Waals surface area contributed by atoms with E-state index in [1.54, 1.807) is 12.2 Å². The van der Waals surface area contributed by atoms with Crippen molar-refractivity contribution in [2.24, 2.45) is 11.3 Å². The second-order valence-electron chi connectivity index (χ2n) is 11.3. The zero-order chi connectivity index (χ0) is 37.9. The van der Waals surface area contributed by atoms with E-state index in [4.69, 9.17) is 14.7 Å². The molecule has 50 heavy (non-hydrogen) atoms. The lowest BCUT2D eigenvalue weighted by atomic mass is 9.71. The van der Waals surface area contributed by atoms with Crippen molar-refractivity contribution in [1.82, 2.24) is 0 Å². The lowest BCUT2D eigenvalue weighted by Gasteiger charge is -2.37. The van der Waals surface area contributed by atoms with Crippen LogP contribution in [0.25, 0.3) is 0 Å². The monoisotopic (exact) mass is 708 g/mol. The van der Waals surface area contributed by atoms with E-state index in [0.29, 0.717) is 6.42 Å². The van der Waals surface area contributed by atoms with Gasteiger partial charge in [-0.3, -0.25) is 4.79 Å². The number of allylic oxidation sites excluding steroid dienone is 7. The van der Waals surface area contributed by atoms with Gasteiger partial charge in [0.15, 0.2) is 0 Å². The Balaban J connectivity index is 0.000000327. The predicted octanol–water partition coefficient (Wildman–Crippen LogP) is 7.96. The maximum atomic E-state index is 13.9. The second-order valence-corrected chi connectivity index (χ2v) is 11.3. The lowest BCUT2D eigenvalue weighted by molar-refractivity contribution is -0.192. The third kappa shape index (κ3) is 9.06. The number of hydrogen-bond donors (Lipinski definition) is 1. The number of carbonyl (C=O) groups excluding carboxylic acids is 4. The first kappa shape index (κ1) is 40.9. The summed E-state index contributed by atoms with van der Waals surface area (Å²) in [6.45, 7) is 2.21. The van der Waals surface area contributed by atoms with Gasteiger partial charge in [-0.2, -0.15) is 35.9 Å². The summed E-state index contributed by atoms with van der Waals surface area (Å²) < 4.78 is 91.9. The summed E-state index contributed by atoms with van der Waals surface area (Å²) in [5.41, 5.74) is -3.84. The average molecular weight is 709 g/mol. The summed E-state index contributed by atoms with van der Waals surface area (Å²) in [6, 6.07) is 10.1. The molecule has 4 rings (SSSR count). The Hall–Kier alpha value is -5.23. The number of halogens is 6. The number of hydrogen-bond acceptors (Lipinski definition) is 7. The predicted molar refractivity (Wildman–Crippen MR) is 167 cm³/mol. The standard InChI is InChI=1S/C19H17F3O4.C16H17F3O2.CO2/c1-18(19(20,21)22,14-8-4-12(5-9-14)16(23)25-2)15-10-6-13(7-11-15)17(24)26-3;1-15(16(17,18)19,12-5-3-2-4-6-12)13-9-7-11(8-10-13)14(20)21;2-1-3/h4-11H,1-3H3;3,5-7,9-11H,2,4,8H2,1H3,(H,20,21);. The number of carboxylic acids is 1. The van der Waals surface area contributed by atoms with Crippen LogP contribution in [0.2, 0.25) is 0 Å². The Morgan fingerprint density at radius 2 is 1.12 bits per heavy atom. The van der Waals surface area contributed by atoms with Crippen LogP contribution in [0.4, 0.5) is 26.3 Å². The van der Waals surface area contributed by atoms with Crippen LogP contribution in [0.5, 0.6) is 0 Å². The van der Waals surface area contributed by atoms with Gasteiger partial charge >= 0.3 is 36.4 Å². The first-order valence-corrected chi connectivity index (χ1v) is 14.8. The first-order valence-electron chi connectivity index (χ1n) is 14.8. The fourth-order valence-electron chi connectivity index (χ4n) is 5.26. The normalized spacial score (nSPS) is 16.8. The molecule has 0 saturated carbocycles. The zero-order valence-corrected chi connectivity index (χ0v) is 27.4. The highest BCUT2D eigenvalue weighted by Gasteiger charge is 2.55. The molecule has 1 N–H and O–H groups in total. The molecule has 14 heteroatoms. The van der Waals surface area contributed by atoms with Gasteiger partial charge in [0.2, 0.25) is 0 Å². The van der Waals surface area contributed by atoms with Crippen molar-refractivity contribution in [2.45, 2.75) is 50.9 Å². The number of aliphatic carboxylic acids is 1. The van der Waals surface area contributed by atoms with Crippen LogP contribution in [0, 0.1) is 11.3 Å². The molecule has 2 aliphatic carbocycles. The van der Waals surface area contributed by atoms with E-state index in [-0.39, 0.29) is 46.0 Å². The maximum absolute atomic E-state index is 13.9. The molecule has 2 aromatic rings. The van der Waals surface area contributed by atoms with E-state index >= 15 is 0 Å². The molecule has 0 radical (unpaired) electrons. The van der Waals surface area contributed by atoms with Crippen molar-refractivity contribution in [1.29, 1.82) is 0 Å². The number of carbonyl (C=O) groups is 3. The Morgan fingerprint density at radius 3 is 1.42 bits per heavy atom. The minimum Gasteiger partial charge on any atom is -0.481 e. The Kier molecular flexibility index (Phi) is 13.9. The number of alkyl halides is 6. The molecule has 0 heterocycles. The summed E-state index contributed by atoms with van der Waals surface area (Å²) >= 11 is 0. The largest absolute Gasteiger partial charge is 0.481 e. The number of benzene rings is 2. The van der Waals surface area contributed by atoms with E-state index in [1.165, 1.54) is 87.1 Å². The summed E-state index contributed by atoms with van der Waals surface area (Å²) in [6.07, 6.45) is 1.55. The van der Waals surface area contributed by atoms with Crippen LogP contribution < -0.4 is 0 Å². The van der Waals surface area contributed by atoms with Gasteiger partial charge in [-0.05, 0) is 79.6 Å². The Bertz CT molecular complexity index is 1620. The van der Waals surface area contributed by atoms with Crippen molar-refractivity contribution >= 4 is 24.1 Å². The van der Waals surface area contributed by atoms with Gasteiger partial charge in [-0.1, -0.05) is 60.7 Å². The Morgan fingerprint density at radius 1 is 0.700 bits per heavy atom. The third-order valence-corrected chi connectivity index (χ3v) is 8.47. The molecule has 2 aromatic carbocycles. The molecular weight excluding hydrogens is 674 g/mol. The smallest absolute Gasteiger partial charge is 0.402 e. The van der Waals surface area contributed by atoms with Crippen LogP contribution in [0.15, 0.2) is 96.1 Å². The fourth-order valence-corrected chi connectivity index (χ4v) is 5.26. The molecule has 0 bridgehead atoms. The molecule has 2 atom stereocenters. The highest BCUT2D eigenvalue weighted by atomic mass is 19.4. The molecule has 0 fully saturated rings. The minimum absolute atomic E-state index is 0.0385. The van der Waals surface area contributed by atoms with Crippen molar-refractivity contribution in [2.75, 3.05) is 14.2 Å². The van der Waals surface area contributed by atoms with Crippen LogP contribution in [0.3, 0.4) is 0 Å². The molecule has 0 aromatic heterocycles. The van der Waals surface area contributed by atoms with Gasteiger partial charge in [-0.15, -0.1) is 0 Å². The number of esters is 2. The Labute approximate surface area is 283 Å². The maximum Gasteiger partial charge on any atom is 0.402 e. The molecule has 0 aliphatic heterocycles. The zero-order valence-electron chi connectivity index (χ0n) is 27.4. The van der Waals surface area contributed by atoms with Crippen molar-refractivity contribution in [3.63, 3.8) is 0 Å². The summed E-state index contributed by atoms with van der Waals surface area (Å²) in [5.74, 6) is -3.03. The molecule has 0 saturated heterocycles. The highest BCUT2D eigenvalue weighted by molar-refractivity contribution is 5.90. The van der Waals surface area contributed by atoms with Crippen molar-refractivity contribution < 1.29 is 64.9 Å². The van der Waals surface area contributed by atoms with E-state index in [0.717, 1.165) is 20.3 Å². The number of rotatable bonds is 7. The number of carboxylic acid groups (broad SMARTS) is 1. The van der Waals surface area contributed by atoms with Gasteiger partial charge in [0.25, 0.3) is 0 Å². The van der Waals surface area contributed by atoms with Gasteiger partial charge in [0.05, 0.1) is 31.3 Å². The highest BCUT2D eigenvalue weighted by Crippen LogP contribution is 2.52. The molecule has 268 valence electrons. The summed E-state index contributed by atoms with van der Waals surface area (Å²) in [4.78, 5) is 50.1. The SMILES string of the molecule is CC(C1=CCCC=C1)(C1=CCC(C(=O)O)C=C1)C(F)(F)F.COC(=O)c1ccc(C(C)(c2ccc(C(=O)OC)cc2)C(F)(F)F)cc1.O=C=O. The molecule has 0 spiro atoms. The van der Waals surface area contributed by atoms with Crippen molar-refractivity contribution in [3.8, 4) is 0 Å². The second kappa shape index (κ2) is 16.9. The first-order chi connectivity index (χ1) is 23.3. The number of ether oxygens (including phenoxy) is 2. The van der Waals surface area contributed by atoms with E-state index < -0.39 is 47.0 Å². The third-order valence-electron chi connectivity index (χ3n) is 8.47. The van der Waals surface area contributed by atoms with Crippen LogP contribution in [-0.2, 0) is 29.3 Å². The van der Waals surface area contributed by atoms with Gasteiger partial charge in [0.1, 0.15) is 10.8 Å². The lowest BCUT2D eigenvalue weighted by Crippen LogP contribution is -2.40. The van der Waals surface area contributed by atoms with E-state index in [2.05, 4.69) is 9.47 Å². The summed E-state index contributed by atoms with van der Waals surface area (Å²) in [5, 5.41) is 8.91. The van der Waals surface area contributed by atoms with Crippen molar-refractivity contribution in [3.05, 3.63) is 118 Å². The molecule has 2 aliphatic rings. The molecule has 2 unspecified atom stereocenters. The fraction of sp³-hybridized carbons (Fsp3) is 0.333. The van der Waals surface area contributed by atoms with Gasteiger partial charge < -0.3 is 14.6 Å². The number of methoxy groups -OCH3 is 2. The van der Waals surface area contributed by atoms with E-state index in [9.17, 15) is 40.7 Å². The molecule has 0 amide bonds. The van der Waals surface area contributed by atoms with Crippen LogP contribution in [-0.4, -0.2) is 55.7 Å². The van der Waals surface area contributed by atoms with Gasteiger partial charge in [0, 0.05) is 0 Å². The summed E-state index contributed by atoms with van der Waals surface area (Å²) in [7, 11) is 2.39. The van der Waals surface area contributed by atoms with Crippen LogP contribution >= 0.6 is 0 Å². The quantitative estimate of drug-likeness (QED) is 0.227. The molecule has 8 nitrogen and oxygen atoms in total. The van der Waals surface area contributed by atoms with Gasteiger partial charge in [-0.25, -0.2) is 9.59 Å². The minimum atomic E-state index is -4.60. The topological polar surface area (TPSA) is 124 Å². The van der Waals surface area contributed by atoms with Crippen LogP contribution in [0.1, 0.15) is 65.0 Å².